The van der Waals surface area contributed by atoms with Crippen molar-refractivity contribution in [2.45, 2.75) is 26.2 Å². The maximum Gasteiger partial charge on any atom is 0.160 e. The fraction of sp³-hybridized carbons (Fsp3) is 0.100. The van der Waals surface area contributed by atoms with Gasteiger partial charge in [-0.05, 0) is 58.5 Å². The van der Waals surface area contributed by atoms with E-state index in [1.54, 1.807) is 0 Å². The Morgan fingerprint density at radius 2 is 0.930 bits per heavy atom. The third-order valence-corrected chi connectivity index (χ3v) is 9.49. The predicted molar refractivity (Wildman–Crippen MR) is 180 cm³/mol. The van der Waals surface area contributed by atoms with Gasteiger partial charge in [-0.15, -0.1) is 0 Å². The summed E-state index contributed by atoms with van der Waals surface area (Å²) in [5.41, 5.74) is 10.9. The van der Waals surface area contributed by atoms with Crippen LogP contribution in [0.4, 0.5) is 0 Å². The molecule has 0 fully saturated rings. The van der Waals surface area contributed by atoms with Gasteiger partial charge in [0.1, 0.15) is 11.2 Å². The van der Waals surface area contributed by atoms with Gasteiger partial charge in [-0.3, -0.25) is 0 Å². The number of hydrogen-bond donors (Lipinski definition) is 0. The van der Waals surface area contributed by atoms with E-state index in [0.717, 1.165) is 54.9 Å². The smallest absolute Gasteiger partial charge is 0.160 e. The Bertz CT molecular complexity index is 2590. The quantitative estimate of drug-likeness (QED) is 0.202. The summed E-state index contributed by atoms with van der Waals surface area (Å²) < 4.78 is 15.7. The van der Waals surface area contributed by atoms with Gasteiger partial charge in [-0.1, -0.05) is 93.6 Å². The Balaban J connectivity index is 1.42. The first-order valence-electron chi connectivity index (χ1n) is 14.9. The van der Waals surface area contributed by atoms with Crippen LogP contribution in [0.3, 0.4) is 0 Å². The highest BCUT2D eigenvalue weighted by Gasteiger charge is 2.25. The Morgan fingerprint density at radius 1 is 0.442 bits per heavy atom. The first kappa shape index (κ1) is 23.3. The highest BCUT2D eigenvalue weighted by Crippen LogP contribution is 2.47. The lowest BCUT2D eigenvalue weighted by molar-refractivity contribution is 0.590. The van der Waals surface area contributed by atoms with Crippen molar-refractivity contribution in [3.05, 3.63) is 115 Å². The number of nitrogens with zero attached hydrogens (tertiary/aromatic N) is 1. The van der Waals surface area contributed by atoms with Crippen LogP contribution in [0.1, 0.15) is 26.3 Å². The predicted octanol–water partition coefficient (Wildman–Crippen LogP) is 11.6. The fourth-order valence-electron chi connectivity index (χ4n) is 7.38. The van der Waals surface area contributed by atoms with Crippen LogP contribution in [0.15, 0.2) is 118 Å². The molecule has 0 radical (unpaired) electrons. The highest BCUT2D eigenvalue weighted by molar-refractivity contribution is 6.31. The molecule has 0 spiro atoms. The van der Waals surface area contributed by atoms with Gasteiger partial charge in [0.2, 0.25) is 0 Å². The molecule has 204 valence electrons. The van der Waals surface area contributed by atoms with Crippen molar-refractivity contribution in [2.75, 3.05) is 0 Å². The number of furan rings is 2. The van der Waals surface area contributed by atoms with Crippen LogP contribution in [-0.2, 0) is 5.41 Å². The zero-order chi connectivity index (χ0) is 28.6. The molecule has 0 aliphatic rings. The molecular formula is C40H27NO2. The number of aromatic nitrogens is 1. The molecule has 0 atom stereocenters. The van der Waals surface area contributed by atoms with E-state index >= 15 is 0 Å². The molecule has 3 nitrogen and oxygen atoms in total. The van der Waals surface area contributed by atoms with E-state index in [0.29, 0.717) is 0 Å². The molecule has 6 aromatic carbocycles. The summed E-state index contributed by atoms with van der Waals surface area (Å²) >= 11 is 0. The Morgan fingerprint density at radius 3 is 1.44 bits per heavy atom. The lowest BCUT2D eigenvalue weighted by Crippen LogP contribution is -2.10. The first-order valence-corrected chi connectivity index (χ1v) is 14.9. The SMILES string of the molecule is CC(C)(C)c1ccc(-c2cc3c4ccc5c6ccccc6oc5c4n4c3c(c2)c2ccc3c5ccccc5oc3c24)cc1. The summed E-state index contributed by atoms with van der Waals surface area (Å²) in [6.45, 7) is 6.79. The summed E-state index contributed by atoms with van der Waals surface area (Å²) in [6, 6.07) is 39.5. The van der Waals surface area contributed by atoms with Crippen molar-refractivity contribution in [3.8, 4) is 11.1 Å². The van der Waals surface area contributed by atoms with E-state index < -0.39 is 0 Å². The molecule has 0 unspecified atom stereocenters. The van der Waals surface area contributed by atoms with E-state index in [-0.39, 0.29) is 5.41 Å². The zero-order valence-corrected chi connectivity index (χ0v) is 24.2. The minimum atomic E-state index is 0.110. The lowest BCUT2D eigenvalue weighted by atomic mass is 9.86. The van der Waals surface area contributed by atoms with E-state index in [4.69, 9.17) is 8.83 Å². The van der Waals surface area contributed by atoms with Gasteiger partial charge in [-0.25, -0.2) is 0 Å². The summed E-state index contributed by atoms with van der Waals surface area (Å²) in [5, 5.41) is 9.37. The molecule has 10 rings (SSSR count). The summed E-state index contributed by atoms with van der Waals surface area (Å²) in [5.74, 6) is 0. The second-order valence-electron chi connectivity index (χ2n) is 13.0. The molecule has 4 aromatic heterocycles. The third kappa shape index (κ3) is 2.94. The molecule has 43 heavy (non-hydrogen) atoms. The zero-order valence-electron chi connectivity index (χ0n) is 24.2. The average molecular weight is 554 g/mol. The Kier molecular flexibility index (Phi) is 4.20. The molecule has 0 aliphatic heterocycles. The molecule has 0 saturated heterocycles. The van der Waals surface area contributed by atoms with Gasteiger partial charge in [-0.2, -0.15) is 0 Å². The van der Waals surface area contributed by atoms with Gasteiger partial charge in [0.15, 0.2) is 11.2 Å². The molecule has 4 heterocycles. The van der Waals surface area contributed by atoms with E-state index in [1.807, 2.05) is 12.1 Å². The van der Waals surface area contributed by atoms with Gasteiger partial charge in [0.05, 0.1) is 16.6 Å². The molecule has 10 aromatic rings. The van der Waals surface area contributed by atoms with E-state index in [2.05, 4.69) is 122 Å². The second-order valence-corrected chi connectivity index (χ2v) is 13.0. The third-order valence-electron chi connectivity index (χ3n) is 9.49. The van der Waals surface area contributed by atoms with Crippen LogP contribution >= 0.6 is 0 Å². The van der Waals surface area contributed by atoms with Gasteiger partial charge < -0.3 is 13.2 Å². The van der Waals surface area contributed by atoms with Crippen LogP contribution in [0.25, 0.3) is 93.1 Å². The molecule has 3 heteroatoms. The summed E-state index contributed by atoms with van der Waals surface area (Å²) in [6.07, 6.45) is 0. The van der Waals surface area contributed by atoms with Gasteiger partial charge in [0.25, 0.3) is 0 Å². The second kappa shape index (κ2) is 7.76. The average Bonchev–Trinajstić information content (AvgIpc) is 3.76. The number of para-hydroxylation sites is 2. The normalized spacial score (nSPS) is 13.0. The number of rotatable bonds is 1. The highest BCUT2D eigenvalue weighted by atomic mass is 16.3. The van der Waals surface area contributed by atoms with Crippen molar-refractivity contribution >= 4 is 82.0 Å². The maximum atomic E-state index is 6.66. The van der Waals surface area contributed by atoms with Crippen LogP contribution in [0.2, 0.25) is 0 Å². The minimum Gasteiger partial charge on any atom is -0.454 e. The monoisotopic (exact) mass is 553 g/mol. The van der Waals surface area contributed by atoms with Crippen molar-refractivity contribution in [1.29, 1.82) is 0 Å². The van der Waals surface area contributed by atoms with Gasteiger partial charge in [0, 0.05) is 43.1 Å². The molecule has 0 amide bonds. The molecule has 0 N–H and O–H groups in total. The van der Waals surface area contributed by atoms with Gasteiger partial charge >= 0.3 is 0 Å². The molecule has 0 bridgehead atoms. The molecular weight excluding hydrogens is 526 g/mol. The summed E-state index contributed by atoms with van der Waals surface area (Å²) in [4.78, 5) is 0. The van der Waals surface area contributed by atoms with Crippen LogP contribution < -0.4 is 0 Å². The van der Waals surface area contributed by atoms with Crippen LogP contribution in [0, 0.1) is 0 Å². The lowest BCUT2D eigenvalue weighted by Gasteiger charge is -2.19. The van der Waals surface area contributed by atoms with Crippen LogP contribution in [-0.4, -0.2) is 4.40 Å². The largest absolute Gasteiger partial charge is 0.454 e. The topological polar surface area (TPSA) is 30.7 Å². The Hall–Kier alpha value is -5.28. The summed E-state index contributed by atoms with van der Waals surface area (Å²) in [7, 11) is 0. The molecule has 0 saturated carbocycles. The van der Waals surface area contributed by atoms with Crippen molar-refractivity contribution in [3.63, 3.8) is 0 Å². The van der Waals surface area contributed by atoms with Crippen molar-refractivity contribution in [2.24, 2.45) is 0 Å². The van der Waals surface area contributed by atoms with Crippen molar-refractivity contribution in [1.82, 2.24) is 4.40 Å². The van der Waals surface area contributed by atoms with Crippen LogP contribution in [0.5, 0.6) is 0 Å². The number of hydrogen-bond acceptors (Lipinski definition) is 2. The molecule has 0 aliphatic carbocycles. The first-order chi connectivity index (χ1) is 21.0. The van der Waals surface area contributed by atoms with Crippen molar-refractivity contribution < 1.29 is 8.83 Å². The number of fused-ring (bicyclic) bond motifs is 14. The standard InChI is InChI=1S/C40H27NO2/c1-40(2,3)24-14-12-22(13-15-24)23-20-31-27-16-18-29-25-8-4-6-10-33(25)42-38(29)36(27)41-35(31)32(21-23)28-17-19-30-26-9-5-7-11-34(26)43-39(30)37(28)41/h4-21H,1-3H3. The maximum absolute atomic E-state index is 6.66. The van der Waals surface area contributed by atoms with E-state index in [9.17, 15) is 0 Å². The van der Waals surface area contributed by atoms with E-state index in [1.165, 1.54) is 43.8 Å². The fourth-order valence-corrected chi connectivity index (χ4v) is 7.38. The number of benzene rings is 6. The minimum absolute atomic E-state index is 0.110. The Labute approximate surface area is 246 Å².